The lowest BCUT2D eigenvalue weighted by Gasteiger charge is -2.14. The number of aromatic nitrogens is 5. The maximum atomic E-state index is 11.9. The van der Waals surface area contributed by atoms with Gasteiger partial charge in [0, 0.05) is 25.6 Å². The molecule has 2 N–H and O–H groups in total. The van der Waals surface area contributed by atoms with Crippen molar-refractivity contribution in [1.29, 1.82) is 0 Å². The number of imide groups is 1. The maximum absolute atomic E-state index is 11.9. The second-order valence-corrected chi connectivity index (χ2v) is 5.66. The second-order valence-electron chi connectivity index (χ2n) is 5.66. The molecule has 0 aliphatic carbocycles. The predicted octanol–water partition coefficient (Wildman–Crippen LogP) is 0.784. The molecule has 0 unspecified atom stereocenters. The van der Waals surface area contributed by atoms with Crippen LogP contribution in [0.1, 0.15) is 24.8 Å². The highest BCUT2D eigenvalue weighted by molar-refractivity contribution is 5.86. The van der Waals surface area contributed by atoms with E-state index < -0.39 is 0 Å². The van der Waals surface area contributed by atoms with Gasteiger partial charge in [-0.25, -0.2) is 0 Å². The molecule has 2 rings (SSSR count). The van der Waals surface area contributed by atoms with Crippen molar-refractivity contribution in [2.75, 3.05) is 32.1 Å². The Hall–Kier alpha value is -2.88. The molecule has 0 bridgehead atoms. The van der Waals surface area contributed by atoms with E-state index in [1.807, 2.05) is 6.92 Å². The van der Waals surface area contributed by atoms with Crippen LogP contribution in [0.3, 0.4) is 0 Å². The molecule has 2 amide bonds. The molecular weight excluding hydrogens is 338 g/mol. The Morgan fingerprint density at radius 1 is 1.35 bits per heavy atom. The highest BCUT2D eigenvalue weighted by Crippen LogP contribution is 2.17. The summed E-state index contributed by atoms with van der Waals surface area (Å²) in [7, 11) is 1.53. The number of methoxy groups -OCH3 is 1. The number of aromatic amines is 1. The Morgan fingerprint density at radius 2 is 2.15 bits per heavy atom. The van der Waals surface area contributed by atoms with Gasteiger partial charge in [-0.1, -0.05) is 0 Å². The lowest BCUT2D eigenvalue weighted by Crippen LogP contribution is -2.32. The molecule has 10 heteroatoms. The van der Waals surface area contributed by atoms with E-state index in [0.717, 1.165) is 22.4 Å². The predicted molar refractivity (Wildman–Crippen MR) is 94.1 cm³/mol. The molecule has 0 aromatic carbocycles. The maximum Gasteiger partial charge on any atom is 0.242 e. The number of anilines is 1. The summed E-state index contributed by atoms with van der Waals surface area (Å²) in [5.41, 5.74) is 1.80. The van der Waals surface area contributed by atoms with Gasteiger partial charge in [-0.2, -0.15) is 15.2 Å². The molecule has 0 atom stereocenters. The number of carbonyl (C=O) groups excluding carboxylic acids is 2. The number of aryl methyl sites for hydroxylation is 1. The molecule has 0 fully saturated rings. The zero-order valence-electron chi connectivity index (χ0n) is 14.9. The van der Waals surface area contributed by atoms with Crippen molar-refractivity contribution in [3.63, 3.8) is 0 Å². The zero-order chi connectivity index (χ0) is 18.8. The summed E-state index contributed by atoms with van der Waals surface area (Å²) < 4.78 is 4.87. The molecule has 0 aliphatic rings. The van der Waals surface area contributed by atoms with Crippen LogP contribution in [0.4, 0.5) is 5.95 Å². The van der Waals surface area contributed by atoms with Crippen LogP contribution in [0, 0.1) is 6.92 Å². The minimum atomic E-state index is -0.196. The smallest absolute Gasteiger partial charge is 0.242 e. The van der Waals surface area contributed by atoms with Gasteiger partial charge in [0.2, 0.25) is 18.3 Å². The number of nitrogens with zero attached hydrogens (tertiary/aromatic N) is 5. The van der Waals surface area contributed by atoms with Crippen LogP contribution in [-0.2, 0) is 14.3 Å². The van der Waals surface area contributed by atoms with Crippen molar-refractivity contribution in [1.82, 2.24) is 30.3 Å². The van der Waals surface area contributed by atoms with Gasteiger partial charge >= 0.3 is 0 Å². The van der Waals surface area contributed by atoms with Gasteiger partial charge in [-0.15, -0.1) is 5.10 Å². The first kappa shape index (κ1) is 19.4. The van der Waals surface area contributed by atoms with Crippen LogP contribution in [0.25, 0.3) is 11.4 Å². The van der Waals surface area contributed by atoms with Gasteiger partial charge in [-0.3, -0.25) is 19.6 Å². The van der Waals surface area contributed by atoms with Crippen molar-refractivity contribution in [2.45, 2.75) is 26.2 Å². The Kier molecular flexibility index (Phi) is 7.62. The number of nitrogens with one attached hydrogen (secondary N) is 2. The number of unbranched alkanes of at least 4 members (excludes halogenated alkanes) is 1. The fourth-order valence-electron chi connectivity index (χ4n) is 2.26. The van der Waals surface area contributed by atoms with Crippen LogP contribution in [0.5, 0.6) is 0 Å². The average molecular weight is 361 g/mol. The highest BCUT2D eigenvalue weighted by Gasteiger charge is 2.12. The number of hydrogen-bond donors (Lipinski definition) is 2. The molecule has 26 heavy (non-hydrogen) atoms. The Labute approximate surface area is 151 Å². The van der Waals surface area contributed by atoms with Gasteiger partial charge in [0.05, 0.1) is 25.5 Å². The van der Waals surface area contributed by atoms with Crippen molar-refractivity contribution in [3.05, 3.63) is 18.0 Å². The topological polar surface area (TPSA) is 126 Å². The lowest BCUT2D eigenvalue weighted by molar-refractivity contribution is -0.138. The molecule has 2 aromatic heterocycles. The van der Waals surface area contributed by atoms with Gasteiger partial charge in [0.25, 0.3) is 0 Å². The SMILES string of the molecule is COCCN(C=O)C(=O)CCCCNc1n[nH]c(-c2cnncc2C)n1. The minimum Gasteiger partial charge on any atom is -0.383 e. The van der Waals surface area contributed by atoms with Crippen LogP contribution < -0.4 is 5.32 Å². The van der Waals surface area contributed by atoms with Crippen LogP contribution in [0.2, 0.25) is 0 Å². The van der Waals surface area contributed by atoms with Gasteiger partial charge in [0.15, 0.2) is 5.82 Å². The van der Waals surface area contributed by atoms with Gasteiger partial charge in [0.1, 0.15) is 0 Å². The third-order valence-electron chi connectivity index (χ3n) is 3.75. The lowest BCUT2D eigenvalue weighted by atomic mass is 10.2. The molecule has 10 nitrogen and oxygen atoms in total. The zero-order valence-corrected chi connectivity index (χ0v) is 14.9. The Morgan fingerprint density at radius 3 is 2.88 bits per heavy atom. The summed E-state index contributed by atoms with van der Waals surface area (Å²) in [5, 5.41) is 17.7. The number of carbonyl (C=O) groups is 2. The summed E-state index contributed by atoms with van der Waals surface area (Å²) in [6.07, 6.45) is 5.57. The quantitative estimate of drug-likeness (QED) is 0.444. The van der Waals surface area contributed by atoms with E-state index in [-0.39, 0.29) is 12.5 Å². The summed E-state index contributed by atoms with van der Waals surface area (Å²) in [4.78, 5) is 28.3. The van der Waals surface area contributed by atoms with Crippen molar-refractivity contribution in [3.8, 4) is 11.4 Å². The molecule has 2 heterocycles. The van der Waals surface area contributed by atoms with Gasteiger partial charge in [-0.05, 0) is 25.3 Å². The first-order chi connectivity index (χ1) is 12.7. The highest BCUT2D eigenvalue weighted by atomic mass is 16.5. The molecule has 0 spiro atoms. The van der Waals surface area contributed by atoms with Crippen LogP contribution >= 0.6 is 0 Å². The van der Waals surface area contributed by atoms with E-state index in [0.29, 0.717) is 44.2 Å². The molecule has 140 valence electrons. The monoisotopic (exact) mass is 361 g/mol. The number of ether oxygens (including phenoxy) is 1. The van der Waals surface area contributed by atoms with Crippen LogP contribution in [0.15, 0.2) is 12.4 Å². The number of amides is 2. The molecular formula is C16H23N7O3. The van der Waals surface area contributed by atoms with Crippen molar-refractivity contribution < 1.29 is 14.3 Å². The third-order valence-corrected chi connectivity index (χ3v) is 3.75. The largest absolute Gasteiger partial charge is 0.383 e. The summed E-state index contributed by atoms with van der Waals surface area (Å²) >= 11 is 0. The average Bonchev–Trinajstić information content (AvgIpc) is 3.11. The summed E-state index contributed by atoms with van der Waals surface area (Å²) in [5.74, 6) is 0.907. The van der Waals surface area contributed by atoms with Crippen molar-refractivity contribution in [2.24, 2.45) is 0 Å². The normalized spacial score (nSPS) is 10.5. The third kappa shape index (κ3) is 5.59. The standard InChI is InChI=1S/C16H23N7O3/c1-12-9-18-19-10-13(12)15-20-16(22-21-15)17-6-4-3-5-14(25)23(11-24)7-8-26-2/h9-11H,3-8H2,1-2H3,(H2,17,20,21,22). The van der Waals surface area contributed by atoms with E-state index in [4.69, 9.17) is 4.74 Å². The summed E-state index contributed by atoms with van der Waals surface area (Å²) in [6, 6.07) is 0. The fourth-order valence-corrected chi connectivity index (χ4v) is 2.26. The van der Waals surface area contributed by atoms with E-state index in [2.05, 4.69) is 30.7 Å². The first-order valence-electron chi connectivity index (χ1n) is 8.33. The first-order valence-corrected chi connectivity index (χ1v) is 8.33. The summed E-state index contributed by atoms with van der Waals surface area (Å²) in [6.45, 7) is 3.16. The van der Waals surface area contributed by atoms with Crippen molar-refractivity contribution >= 4 is 18.3 Å². The number of rotatable bonds is 11. The molecule has 2 aromatic rings. The fraction of sp³-hybridized carbons (Fsp3) is 0.500. The van der Waals surface area contributed by atoms with E-state index in [1.165, 1.54) is 7.11 Å². The van der Waals surface area contributed by atoms with E-state index in [9.17, 15) is 9.59 Å². The number of hydrogen-bond acceptors (Lipinski definition) is 8. The second kappa shape index (κ2) is 10.2. The van der Waals surface area contributed by atoms with E-state index >= 15 is 0 Å². The molecule has 0 saturated carbocycles. The van der Waals surface area contributed by atoms with Crippen LogP contribution in [-0.4, -0.2) is 69.4 Å². The Bertz CT molecular complexity index is 719. The van der Waals surface area contributed by atoms with E-state index in [1.54, 1.807) is 12.4 Å². The Balaban J connectivity index is 1.71. The minimum absolute atomic E-state index is 0.196. The molecule has 0 saturated heterocycles. The number of H-pyrrole nitrogens is 1. The molecule has 0 radical (unpaired) electrons. The molecule has 0 aliphatic heterocycles. The van der Waals surface area contributed by atoms with Gasteiger partial charge < -0.3 is 10.1 Å².